The van der Waals surface area contributed by atoms with Crippen molar-refractivity contribution in [2.75, 3.05) is 24.6 Å². The highest BCUT2D eigenvalue weighted by Gasteiger charge is 2.36. The maximum atomic E-state index is 13.4. The average molecular weight is 309 g/mol. The Morgan fingerprint density at radius 3 is 2.55 bits per heavy atom. The van der Waals surface area contributed by atoms with Crippen molar-refractivity contribution in [2.45, 2.75) is 44.4 Å². The molecule has 1 saturated heterocycles. The number of carbonyl (C=O) groups excluding carboxylic acids is 1. The Bertz CT molecular complexity index is 560. The van der Waals surface area contributed by atoms with E-state index < -0.39 is 5.92 Å². The molecule has 0 bridgehead atoms. The molecular formula is C17H21F2NO2. The molecule has 1 aliphatic carbocycles. The summed E-state index contributed by atoms with van der Waals surface area (Å²) < 4.78 is 32.3. The molecule has 22 heavy (non-hydrogen) atoms. The SMILES string of the molecule is CCOc1cc(N2CCC(F)(F)CC2)c(C2CC2)cc1C=O. The molecule has 1 saturated carbocycles. The third kappa shape index (κ3) is 3.08. The molecule has 0 atom stereocenters. The Labute approximate surface area is 129 Å². The maximum absolute atomic E-state index is 13.4. The van der Waals surface area contributed by atoms with Crippen LogP contribution in [0.4, 0.5) is 14.5 Å². The number of halogens is 2. The van der Waals surface area contributed by atoms with Crippen LogP contribution in [0.1, 0.15) is 54.4 Å². The van der Waals surface area contributed by atoms with E-state index >= 15 is 0 Å². The van der Waals surface area contributed by atoms with Gasteiger partial charge in [-0.25, -0.2) is 8.78 Å². The van der Waals surface area contributed by atoms with Crippen LogP contribution in [0.2, 0.25) is 0 Å². The lowest BCUT2D eigenvalue weighted by atomic mass is 10.00. The first-order chi connectivity index (χ1) is 10.5. The number of hydrogen-bond acceptors (Lipinski definition) is 3. The van der Waals surface area contributed by atoms with Crippen molar-refractivity contribution in [2.24, 2.45) is 0 Å². The summed E-state index contributed by atoms with van der Waals surface area (Å²) in [5, 5.41) is 0. The first-order valence-corrected chi connectivity index (χ1v) is 7.93. The van der Waals surface area contributed by atoms with E-state index in [2.05, 4.69) is 0 Å². The van der Waals surface area contributed by atoms with Crippen molar-refractivity contribution >= 4 is 12.0 Å². The lowest BCUT2D eigenvalue weighted by Crippen LogP contribution is -2.39. The van der Waals surface area contributed by atoms with Crippen LogP contribution in [0.3, 0.4) is 0 Å². The summed E-state index contributed by atoms with van der Waals surface area (Å²) in [6.45, 7) is 3.03. The van der Waals surface area contributed by atoms with Crippen molar-refractivity contribution in [1.82, 2.24) is 0 Å². The van der Waals surface area contributed by atoms with Crippen molar-refractivity contribution in [1.29, 1.82) is 0 Å². The molecule has 0 N–H and O–H groups in total. The van der Waals surface area contributed by atoms with Gasteiger partial charge in [0.15, 0.2) is 6.29 Å². The lowest BCUT2D eigenvalue weighted by Gasteiger charge is -2.35. The zero-order valence-electron chi connectivity index (χ0n) is 12.8. The van der Waals surface area contributed by atoms with Gasteiger partial charge < -0.3 is 9.64 Å². The van der Waals surface area contributed by atoms with Crippen LogP contribution in [0.25, 0.3) is 0 Å². The highest BCUT2D eigenvalue weighted by molar-refractivity contribution is 5.82. The minimum Gasteiger partial charge on any atom is -0.493 e. The van der Waals surface area contributed by atoms with E-state index in [1.165, 1.54) is 0 Å². The number of aldehydes is 1. The second-order valence-electron chi connectivity index (χ2n) is 6.12. The van der Waals surface area contributed by atoms with E-state index in [9.17, 15) is 13.6 Å². The molecule has 1 heterocycles. The number of anilines is 1. The Morgan fingerprint density at radius 1 is 1.32 bits per heavy atom. The number of benzene rings is 1. The van der Waals surface area contributed by atoms with Gasteiger partial charge in [0.2, 0.25) is 0 Å². The molecular weight excluding hydrogens is 288 g/mol. The van der Waals surface area contributed by atoms with Gasteiger partial charge in [0, 0.05) is 37.7 Å². The Balaban J connectivity index is 1.94. The Morgan fingerprint density at radius 2 is 2.00 bits per heavy atom. The topological polar surface area (TPSA) is 29.5 Å². The second-order valence-corrected chi connectivity index (χ2v) is 6.12. The van der Waals surface area contributed by atoms with Crippen LogP contribution in [-0.2, 0) is 0 Å². The number of ether oxygens (including phenoxy) is 1. The monoisotopic (exact) mass is 309 g/mol. The standard InChI is InChI=1S/C17H21F2NO2/c1-2-22-16-10-15(20-7-5-17(18,19)6-8-20)14(12-3-4-12)9-13(16)11-21/h9-12H,2-8H2,1H3. The summed E-state index contributed by atoms with van der Waals surface area (Å²) in [7, 11) is 0. The molecule has 1 aliphatic heterocycles. The Hall–Kier alpha value is -1.65. The van der Waals surface area contributed by atoms with Gasteiger partial charge >= 0.3 is 0 Å². The molecule has 2 fully saturated rings. The summed E-state index contributed by atoms with van der Waals surface area (Å²) >= 11 is 0. The normalized spacial score (nSPS) is 20.8. The van der Waals surface area contributed by atoms with Gasteiger partial charge in [-0.05, 0) is 37.3 Å². The van der Waals surface area contributed by atoms with E-state index in [-0.39, 0.29) is 12.8 Å². The number of rotatable bonds is 5. The number of carbonyl (C=O) groups is 1. The van der Waals surface area contributed by atoms with Gasteiger partial charge in [0.05, 0.1) is 12.2 Å². The zero-order chi connectivity index (χ0) is 15.7. The van der Waals surface area contributed by atoms with E-state index in [1.54, 1.807) is 0 Å². The molecule has 0 aromatic heterocycles. The van der Waals surface area contributed by atoms with Crippen LogP contribution in [0.15, 0.2) is 12.1 Å². The molecule has 0 amide bonds. The minimum absolute atomic E-state index is 0.115. The van der Waals surface area contributed by atoms with Gasteiger partial charge in [-0.1, -0.05) is 0 Å². The smallest absolute Gasteiger partial charge is 0.251 e. The summed E-state index contributed by atoms with van der Waals surface area (Å²) in [5.74, 6) is -1.55. The molecule has 120 valence electrons. The zero-order valence-corrected chi connectivity index (χ0v) is 12.8. The fourth-order valence-corrected chi connectivity index (χ4v) is 3.05. The van der Waals surface area contributed by atoms with Crippen molar-refractivity contribution in [3.63, 3.8) is 0 Å². The number of hydrogen-bond donors (Lipinski definition) is 0. The van der Waals surface area contributed by atoms with Gasteiger partial charge in [-0.15, -0.1) is 0 Å². The fourth-order valence-electron chi connectivity index (χ4n) is 3.05. The molecule has 0 unspecified atom stereocenters. The first kappa shape index (κ1) is 15.3. The molecule has 5 heteroatoms. The largest absolute Gasteiger partial charge is 0.493 e. The van der Waals surface area contributed by atoms with Gasteiger partial charge in [-0.3, -0.25) is 4.79 Å². The summed E-state index contributed by atoms with van der Waals surface area (Å²) in [4.78, 5) is 13.3. The van der Waals surface area contributed by atoms with E-state index in [0.717, 1.165) is 30.4 Å². The molecule has 0 radical (unpaired) electrons. The summed E-state index contributed by atoms with van der Waals surface area (Å²) in [6, 6.07) is 3.75. The van der Waals surface area contributed by atoms with E-state index in [4.69, 9.17) is 4.74 Å². The van der Waals surface area contributed by atoms with Crippen LogP contribution < -0.4 is 9.64 Å². The van der Waals surface area contributed by atoms with Gasteiger partial charge in [0.1, 0.15) is 5.75 Å². The third-order valence-electron chi connectivity index (χ3n) is 4.44. The first-order valence-electron chi connectivity index (χ1n) is 7.93. The number of nitrogens with zero attached hydrogens (tertiary/aromatic N) is 1. The molecule has 3 nitrogen and oxygen atoms in total. The second kappa shape index (κ2) is 5.86. The fraction of sp³-hybridized carbons (Fsp3) is 0.588. The molecule has 0 spiro atoms. The maximum Gasteiger partial charge on any atom is 0.251 e. The Kier molecular flexibility index (Phi) is 4.06. The molecule has 1 aromatic rings. The minimum atomic E-state index is -2.55. The van der Waals surface area contributed by atoms with Crippen molar-refractivity contribution in [3.05, 3.63) is 23.3 Å². The lowest BCUT2D eigenvalue weighted by molar-refractivity contribution is -0.0220. The average Bonchev–Trinajstić information content (AvgIpc) is 3.32. The quantitative estimate of drug-likeness (QED) is 0.770. The number of piperidine rings is 1. The third-order valence-corrected chi connectivity index (χ3v) is 4.44. The predicted molar refractivity (Wildman–Crippen MR) is 81.4 cm³/mol. The summed E-state index contributed by atoms with van der Waals surface area (Å²) in [5.41, 5.74) is 2.62. The highest BCUT2D eigenvalue weighted by Crippen LogP contribution is 2.47. The molecule has 1 aromatic carbocycles. The van der Waals surface area contributed by atoms with Gasteiger partial charge in [-0.2, -0.15) is 0 Å². The van der Waals surface area contributed by atoms with Gasteiger partial charge in [0.25, 0.3) is 5.92 Å². The number of alkyl halides is 2. The predicted octanol–water partition coefficient (Wildman–Crippen LogP) is 4.01. The summed E-state index contributed by atoms with van der Waals surface area (Å²) in [6.07, 6.45) is 2.78. The van der Waals surface area contributed by atoms with E-state index in [1.807, 2.05) is 24.0 Å². The van der Waals surface area contributed by atoms with Crippen molar-refractivity contribution < 1.29 is 18.3 Å². The van der Waals surface area contributed by atoms with Crippen molar-refractivity contribution in [3.8, 4) is 5.75 Å². The highest BCUT2D eigenvalue weighted by atomic mass is 19.3. The van der Waals surface area contributed by atoms with Crippen LogP contribution in [0.5, 0.6) is 5.75 Å². The molecule has 3 rings (SSSR count). The van der Waals surface area contributed by atoms with Crippen LogP contribution in [-0.4, -0.2) is 31.9 Å². The van der Waals surface area contributed by atoms with Crippen LogP contribution >= 0.6 is 0 Å². The molecule has 2 aliphatic rings. The van der Waals surface area contributed by atoms with E-state index in [0.29, 0.717) is 36.9 Å². The van der Waals surface area contributed by atoms with Crippen LogP contribution in [0, 0.1) is 0 Å².